The van der Waals surface area contributed by atoms with Crippen LogP contribution in [-0.2, 0) is 4.74 Å². The molecular weight excluding hydrogens is 216 g/mol. The summed E-state index contributed by atoms with van der Waals surface area (Å²) in [6.07, 6.45) is 6.25. The fourth-order valence-electron chi connectivity index (χ4n) is 2.04. The number of rotatable bonds is 1. The first kappa shape index (κ1) is 11.6. The van der Waals surface area contributed by atoms with E-state index in [1.165, 1.54) is 0 Å². The summed E-state index contributed by atoms with van der Waals surface area (Å²) < 4.78 is 5.79. The Labute approximate surface area is 101 Å². The van der Waals surface area contributed by atoms with E-state index >= 15 is 0 Å². The summed E-state index contributed by atoms with van der Waals surface area (Å²) in [5.41, 5.74) is 5.59. The Morgan fingerprint density at radius 1 is 1.59 bits per heavy atom. The lowest BCUT2D eigenvalue weighted by Gasteiger charge is -2.26. The van der Waals surface area contributed by atoms with E-state index in [-0.39, 0.29) is 24.0 Å². The molecule has 2 aliphatic rings. The molecule has 2 rings (SSSR count). The molecule has 3 atom stereocenters. The van der Waals surface area contributed by atoms with Gasteiger partial charge < -0.3 is 10.5 Å². The van der Waals surface area contributed by atoms with E-state index < -0.39 is 0 Å². The molecule has 0 saturated carbocycles. The number of nitriles is 1. The van der Waals surface area contributed by atoms with Crippen LogP contribution in [0.1, 0.15) is 26.2 Å². The van der Waals surface area contributed by atoms with Gasteiger partial charge in [0, 0.05) is 6.42 Å². The van der Waals surface area contributed by atoms with Crippen molar-refractivity contribution in [3.63, 3.8) is 0 Å². The van der Waals surface area contributed by atoms with Gasteiger partial charge in [-0.25, -0.2) is 4.99 Å². The summed E-state index contributed by atoms with van der Waals surface area (Å²) in [7, 11) is 0. The number of allylic oxidation sites excluding steroid dienone is 1. The van der Waals surface area contributed by atoms with E-state index in [2.05, 4.69) is 16.1 Å². The topological polar surface area (TPSA) is 83.8 Å². The van der Waals surface area contributed by atoms with Crippen molar-refractivity contribution < 1.29 is 4.74 Å². The molecular formula is C12H16N4O. The molecule has 0 spiro atoms. The standard InChI is InChI=1S/C12H16N4O/c1-8-6-11(16-12(14)15-8)17-10-5-3-2-4-9(10)7-13/h2,4,8-10H,3,5-6H2,1H3,(H2,14,15). The van der Waals surface area contributed by atoms with Gasteiger partial charge in [-0.2, -0.15) is 10.3 Å². The molecule has 2 N–H and O–H groups in total. The van der Waals surface area contributed by atoms with Crippen LogP contribution in [0.2, 0.25) is 0 Å². The average molecular weight is 232 g/mol. The van der Waals surface area contributed by atoms with E-state index in [0.29, 0.717) is 12.3 Å². The second-order valence-corrected chi connectivity index (χ2v) is 4.36. The Kier molecular flexibility index (Phi) is 3.43. The molecule has 3 unspecified atom stereocenters. The second kappa shape index (κ2) is 5.00. The SMILES string of the molecule is CC1CC(OC2CCC=CC2C#N)=NC(N)=N1. The molecule has 17 heavy (non-hydrogen) atoms. The van der Waals surface area contributed by atoms with Gasteiger partial charge in [-0.3, -0.25) is 0 Å². The van der Waals surface area contributed by atoms with Crippen LogP contribution in [-0.4, -0.2) is 24.0 Å². The molecule has 5 nitrogen and oxygen atoms in total. The van der Waals surface area contributed by atoms with E-state index in [1.54, 1.807) is 0 Å². The smallest absolute Gasteiger partial charge is 0.218 e. The number of aliphatic imine (C=N–C) groups is 2. The van der Waals surface area contributed by atoms with Gasteiger partial charge in [-0.1, -0.05) is 12.2 Å². The lowest BCUT2D eigenvalue weighted by atomic mass is 9.94. The highest BCUT2D eigenvalue weighted by Gasteiger charge is 2.26. The van der Waals surface area contributed by atoms with Crippen molar-refractivity contribution in [1.29, 1.82) is 5.26 Å². The van der Waals surface area contributed by atoms with Gasteiger partial charge in [0.15, 0.2) is 5.90 Å². The van der Waals surface area contributed by atoms with Crippen LogP contribution in [0.25, 0.3) is 0 Å². The van der Waals surface area contributed by atoms with E-state index in [4.69, 9.17) is 15.7 Å². The first-order valence-corrected chi connectivity index (χ1v) is 5.83. The summed E-state index contributed by atoms with van der Waals surface area (Å²) in [5.74, 6) is 0.672. The van der Waals surface area contributed by atoms with Gasteiger partial charge in [0.1, 0.15) is 12.0 Å². The summed E-state index contributed by atoms with van der Waals surface area (Å²) in [6, 6.07) is 2.34. The van der Waals surface area contributed by atoms with Crippen molar-refractivity contribution in [3.8, 4) is 6.07 Å². The van der Waals surface area contributed by atoms with Crippen LogP contribution in [0.4, 0.5) is 0 Å². The Hall–Kier alpha value is -1.83. The maximum atomic E-state index is 9.03. The van der Waals surface area contributed by atoms with Crippen LogP contribution < -0.4 is 5.73 Å². The highest BCUT2D eigenvalue weighted by molar-refractivity contribution is 5.94. The van der Waals surface area contributed by atoms with Gasteiger partial charge in [-0.15, -0.1) is 0 Å². The largest absolute Gasteiger partial charge is 0.476 e. The van der Waals surface area contributed by atoms with Crippen molar-refractivity contribution in [2.24, 2.45) is 21.6 Å². The van der Waals surface area contributed by atoms with Crippen molar-refractivity contribution in [2.75, 3.05) is 0 Å². The molecule has 0 aromatic carbocycles. The first-order valence-electron chi connectivity index (χ1n) is 5.83. The predicted octanol–water partition coefficient (Wildman–Crippen LogP) is 1.37. The summed E-state index contributed by atoms with van der Waals surface area (Å²) in [6.45, 7) is 1.97. The Balaban J connectivity index is 2.04. The monoisotopic (exact) mass is 232 g/mol. The normalized spacial score (nSPS) is 32.4. The second-order valence-electron chi connectivity index (χ2n) is 4.36. The maximum absolute atomic E-state index is 9.03. The molecule has 0 aromatic heterocycles. The summed E-state index contributed by atoms with van der Waals surface area (Å²) in [4.78, 5) is 8.20. The molecule has 1 aliphatic carbocycles. The fourth-order valence-corrected chi connectivity index (χ4v) is 2.04. The van der Waals surface area contributed by atoms with E-state index in [0.717, 1.165) is 12.8 Å². The Morgan fingerprint density at radius 2 is 2.41 bits per heavy atom. The van der Waals surface area contributed by atoms with Crippen LogP contribution in [0.3, 0.4) is 0 Å². The molecule has 0 radical (unpaired) electrons. The van der Waals surface area contributed by atoms with Crippen LogP contribution in [0, 0.1) is 17.2 Å². The number of nitrogens with two attached hydrogens (primary N) is 1. The number of ether oxygens (including phenoxy) is 1. The van der Waals surface area contributed by atoms with Gasteiger partial charge in [-0.05, 0) is 19.8 Å². The van der Waals surface area contributed by atoms with Gasteiger partial charge in [0.25, 0.3) is 0 Å². The Bertz CT molecular complexity index is 419. The van der Waals surface area contributed by atoms with Crippen molar-refractivity contribution in [3.05, 3.63) is 12.2 Å². The molecule has 0 aromatic rings. The van der Waals surface area contributed by atoms with Crippen LogP contribution in [0.15, 0.2) is 22.1 Å². The van der Waals surface area contributed by atoms with E-state index in [1.807, 2.05) is 19.1 Å². The molecule has 1 aliphatic heterocycles. The van der Waals surface area contributed by atoms with Gasteiger partial charge >= 0.3 is 0 Å². The highest BCUT2D eigenvalue weighted by Crippen LogP contribution is 2.22. The third-order valence-corrected chi connectivity index (χ3v) is 2.86. The zero-order chi connectivity index (χ0) is 12.3. The molecule has 90 valence electrons. The van der Waals surface area contributed by atoms with Gasteiger partial charge in [0.05, 0.1) is 12.1 Å². The third kappa shape index (κ3) is 2.84. The predicted molar refractivity (Wildman–Crippen MR) is 65.5 cm³/mol. The minimum absolute atomic E-state index is 0.0992. The van der Waals surface area contributed by atoms with Gasteiger partial charge in [0.2, 0.25) is 5.96 Å². The molecule has 0 bridgehead atoms. The maximum Gasteiger partial charge on any atom is 0.218 e. The lowest BCUT2D eigenvalue weighted by Crippen LogP contribution is -2.31. The molecule has 0 fully saturated rings. The number of guanidine groups is 1. The average Bonchev–Trinajstić information content (AvgIpc) is 2.28. The fraction of sp³-hybridized carbons (Fsp3) is 0.583. The summed E-state index contributed by atoms with van der Waals surface area (Å²) >= 11 is 0. The quantitative estimate of drug-likeness (QED) is 0.693. The summed E-state index contributed by atoms with van der Waals surface area (Å²) in [5, 5.41) is 9.03. The van der Waals surface area contributed by atoms with Crippen molar-refractivity contribution >= 4 is 11.9 Å². The third-order valence-electron chi connectivity index (χ3n) is 2.86. The zero-order valence-electron chi connectivity index (χ0n) is 9.84. The number of nitrogens with zero attached hydrogens (tertiary/aromatic N) is 3. The first-order chi connectivity index (χ1) is 8.19. The zero-order valence-corrected chi connectivity index (χ0v) is 9.84. The highest BCUT2D eigenvalue weighted by atomic mass is 16.5. The number of hydrogen-bond acceptors (Lipinski definition) is 5. The molecule has 0 amide bonds. The minimum Gasteiger partial charge on any atom is -0.476 e. The molecule has 5 heteroatoms. The van der Waals surface area contributed by atoms with E-state index in [9.17, 15) is 0 Å². The van der Waals surface area contributed by atoms with Crippen molar-refractivity contribution in [1.82, 2.24) is 0 Å². The van der Waals surface area contributed by atoms with Crippen LogP contribution >= 0.6 is 0 Å². The van der Waals surface area contributed by atoms with Crippen LogP contribution in [0.5, 0.6) is 0 Å². The minimum atomic E-state index is -0.193. The number of hydrogen-bond donors (Lipinski definition) is 1. The lowest BCUT2D eigenvalue weighted by molar-refractivity contribution is 0.145. The van der Waals surface area contributed by atoms with Crippen molar-refractivity contribution in [2.45, 2.75) is 38.3 Å². The molecule has 0 saturated heterocycles. The Morgan fingerprint density at radius 3 is 3.12 bits per heavy atom. The molecule has 1 heterocycles.